The zero-order chi connectivity index (χ0) is 33.6. The number of hydrogen-bond donors (Lipinski definition) is 4. The molecule has 0 spiro atoms. The zero-order valence-electron chi connectivity index (χ0n) is 30.4. The molecule has 4 fully saturated rings. The molecule has 2 aromatic heterocycles. The van der Waals surface area contributed by atoms with Gasteiger partial charge in [-0.15, -0.1) is 0 Å². The maximum absolute atomic E-state index is 5.88. The number of H-pyrrole nitrogens is 1. The molecule has 4 aromatic rings. The van der Waals surface area contributed by atoms with Crippen molar-refractivity contribution < 1.29 is 14.8 Å². The number of unbranched alkanes of at least 4 members (excludes halogenated alkanes) is 3. The summed E-state index contributed by atoms with van der Waals surface area (Å²) < 4.78 is 11.4. The molecule has 2 aromatic carbocycles. The summed E-state index contributed by atoms with van der Waals surface area (Å²) in [5.74, 6) is 6.02. The third-order valence-corrected chi connectivity index (χ3v) is 13.7. The number of pyridine rings is 1. The van der Waals surface area contributed by atoms with E-state index in [1.165, 1.54) is 90.5 Å². The van der Waals surface area contributed by atoms with Crippen LogP contribution in [0.1, 0.15) is 70.3 Å². The normalized spacial score (nSPS) is 31.6. The summed E-state index contributed by atoms with van der Waals surface area (Å²) in [6.45, 7) is 8.10. The van der Waals surface area contributed by atoms with Crippen LogP contribution in [0, 0.1) is 36.5 Å². The van der Waals surface area contributed by atoms with Crippen molar-refractivity contribution in [3.05, 3.63) is 42.1 Å². The van der Waals surface area contributed by atoms with Crippen molar-refractivity contribution in [2.75, 3.05) is 46.2 Å². The second kappa shape index (κ2) is 14.0. The Hall–Kier alpha value is -2.91. The number of likely N-dealkylation sites (tertiary alicyclic amines) is 1. The molecule has 2 saturated heterocycles. The van der Waals surface area contributed by atoms with Gasteiger partial charge in [-0.05, 0) is 119 Å². The maximum atomic E-state index is 5.88. The molecular formula is C41H59N6O2+. The number of nitrogens with zero attached hydrogens (tertiary/aromatic N) is 2. The van der Waals surface area contributed by atoms with Gasteiger partial charge in [0.25, 0.3) is 0 Å². The van der Waals surface area contributed by atoms with Crippen LogP contribution in [0.25, 0.3) is 32.6 Å². The Bertz CT molecular complexity index is 1770. The van der Waals surface area contributed by atoms with Crippen LogP contribution in [0.4, 0.5) is 5.82 Å². The SMILES string of the molecule is COc1ccc2[nH]c3c(C)c4ccnc(NCCCCCCNC5C6CC7C8CC(OC)CCC8[NH2+]C7C(C)C6CCN5C)c4cc3c2c1. The number of aromatic nitrogens is 2. The van der Waals surface area contributed by atoms with E-state index in [0.29, 0.717) is 12.3 Å². The molecule has 2 aliphatic heterocycles. The first-order valence-corrected chi connectivity index (χ1v) is 19.4. The van der Waals surface area contributed by atoms with Gasteiger partial charge in [0.2, 0.25) is 0 Å². The van der Waals surface area contributed by atoms with Crippen LogP contribution in [0.3, 0.4) is 0 Å². The lowest BCUT2D eigenvalue weighted by molar-refractivity contribution is -0.716. The molecule has 8 nitrogen and oxygen atoms in total. The van der Waals surface area contributed by atoms with Gasteiger partial charge in [0.05, 0.1) is 37.0 Å². The number of anilines is 1. The fourth-order valence-corrected chi connectivity index (χ4v) is 11.1. The van der Waals surface area contributed by atoms with Crippen LogP contribution in [-0.4, -0.2) is 80.1 Å². The van der Waals surface area contributed by atoms with Crippen molar-refractivity contribution in [1.29, 1.82) is 0 Å². The number of fused-ring (bicyclic) bond motifs is 8. The number of ether oxygens (including phenoxy) is 2. The van der Waals surface area contributed by atoms with Gasteiger partial charge >= 0.3 is 0 Å². The van der Waals surface area contributed by atoms with E-state index >= 15 is 0 Å². The molecule has 8 heteroatoms. The number of nitrogens with two attached hydrogens (primary N) is 1. The van der Waals surface area contributed by atoms with Crippen LogP contribution in [-0.2, 0) is 4.74 Å². The number of nitrogens with one attached hydrogen (secondary N) is 3. The molecule has 9 unspecified atom stereocenters. The standard InChI is InChI=1S/C41H58N6O2/c1-24-28-14-18-43-40(34(28)22-32-30-20-26(48-4)10-12-36(30)45-38(24)32)42-16-8-6-7-9-17-44-41-35-23-33-31-21-27(49-5)11-13-37(31)46-39(33)25(2)29(35)15-19-47(41)3/h10,12,14,18,20,22,25,27,29,31,33,35,37,39,41,44-46H,6-9,11,13,15-17,19,21,23H2,1-5H3,(H,42,43)/p+1. The van der Waals surface area contributed by atoms with E-state index in [-0.39, 0.29) is 0 Å². The number of methoxy groups -OCH3 is 2. The van der Waals surface area contributed by atoms with Crippen molar-refractivity contribution in [3.63, 3.8) is 0 Å². The second-order valence-corrected chi connectivity index (χ2v) is 16.1. The lowest BCUT2D eigenvalue weighted by Crippen LogP contribution is -2.94. The highest BCUT2D eigenvalue weighted by Gasteiger charge is 2.58. The Kier molecular flexibility index (Phi) is 9.51. The predicted octanol–water partition coefficient (Wildman–Crippen LogP) is 6.43. The highest BCUT2D eigenvalue weighted by Crippen LogP contribution is 2.50. The van der Waals surface area contributed by atoms with E-state index in [9.17, 15) is 0 Å². The first-order chi connectivity index (χ1) is 23.9. The van der Waals surface area contributed by atoms with Gasteiger partial charge in [0.15, 0.2) is 0 Å². The molecule has 4 heterocycles. The minimum absolute atomic E-state index is 0.480. The van der Waals surface area contributed by atoms with Crippen molar-refractivity contribution >= 4 is 38.4 Å². The lowest BCUT2D eigenvalue weighted by Gasteiger charge is -2.52. The number of quaternary nitrogens is 1. The fraction of sp³-hybridized carbons (Fsp3) is 0.634. The number of piperidine rings is 1. The lowest BCUT2D eigenvalue weighted by atomic mass is 9.59. The van der Waals surface area contributed by atoms with Gasteiger partial charge in [-0.1, -0.05) is 19.8 Å². The Morgan fingerprint density at radius 2 is 1.76 bits per heavy atom. The third kappa shape index (κ3) is 6.11. The minimum atomic E-state index is 0.480. The smallest absolute Gasteiger partial charge is 0.133 e. The second-order valence-electron chi connectivity index (χ2n) is 16.1. The van der Waals surface area contributed by atoms with Gasteiger partial charge in [-0.3, -0.25) is 4.90 Å². The number of benzene rings is 2. The minimum Gasteiger partial charge on any atom is -0.497 e. The monoisotopic (exact) mass is 667 g/mol. The molecule has 264 valence electrons. The summed E-state index contributed by atoms with van der Waals surface area (Å²) in [6.07, 6.45) is 14.5. The molecule has 0 amide bonds. The topological polar surface area (TPSA) is 91.0 Å². The molecule has 0 radical (unpaired) electrons. The average Bonchev–Trinajstić information content (AvgIpc) is 3.68. The van der Waals surface area contributed by atoms with Crippen molar-refractivity contribution in [3.8, 4) is 5.75 Å². The van der Waals surface area contributed by atoms with E-state index in [2.05, 4.69) is 71.0 Å². The summed E-state index contributed by atoms with van der Waals surface area (Å²) in [4.78, 5) is 11.1. The number of aromatic amines is 1. The molecule has 8 rings (SSSR count). The van der Waals surface area contributed by atoms with Crippen molar-refractivity contribution in [2.45, 2.75) is 96.0 Å². The van der Waals surface area contributed by atoms with E-state index in [0.717, 1.165) is 78.3 Å². The van der Waals surface area contributed by atoms with E-state index < -0.39 is 0 Å². The first-order valence-electron chi connectivity index (χ1n) is 19.4. The average molecular weight is 668 g/mol. The molecule has 2 aliphatic carbocycles. The maximum Gasteiger partial charge on any atom is 0.133 e. The number of hydrogen-bond acceptors (Lipinski definition) is 6. The number of rotatable bonds is 11. The summed E-state index contributed by atoms with van der Waals surface area (Å²) in [6, 6.07) is 12.4. The number of aryl methyl sites for hydroxylation is 1. The van der Waals surface area contributed by atoms with Gasteiger partial charge in [0.1, 0.15) is 11.6 Å². The zero-order valence-corrected chi connectivity index (χ0v) is 30.4. The van der Waals surface area contributed by atoms with Crippen molar-refractivity contribution in [1.82, 2.24) is 20.2 Å². The summed E-state index contributed by atoms with van der Waals surface area (Å²) >= 11 is 0. The van der Waals surface area contributed by atoms with Gasteiger partial charge in [0, 0.05) is 65.7 Å². The van der Waals surface area contributed by atoms with E-state index in [1.54, 1.807) is 7.11 Å². The van der Waals surface area contributed by atoms with Crippen LogP contribution in [0.5, 0.6) is 5.75 Å². The van der Waals surface area contributed by atoms with E-state index in [1.807, 2.05) is 19.4 Å². The summed E-state index contributed by atoms with van der Waals surface area (Å²) in [5, 5.41) is 15.5. The Labute approximate surface area is 292 Å². The Morgan fingerprint density at radius 3 is 2.59 bits per heavy atom. The largest absolute Gasteiger partial charge is 0.497 e. The highest BCUT2D eigenvalue weighted by molar-refractivity contribution is 6.15. The van der Waals surface area contributed by atoms with E-state index in [4.69, 9.17) is 14.5 Å². The Morgan fingerprint density at radius 1 is 0.898 bits per heavy atom. The molecule has 4 aliphatic rings. The molecule has 9 atom stereocenters. The molecular weight excluding hydrogens is 608 g/mol. The molecule has 2 saturated carbocycles. The van der Waals surface area contributed by atoms with Gasteiger partial charge in [-0.25, -0.2) is 4.98 Å². The molecule has 5 N–H and O–H groups in total. The summed E-state index contributed by atoms with van der Waals surface area (Å²) in [5.41, 5.74) is 3.58. The first kappa shape index (κ1) is 33.2. The molecule has 0 bridgehead atoms. The van der Waals surface area contributed by atoms with Crippen LogP contribution in [0.15, 0.2) is 36.5 Å². The van der Waals surface area contributed by atoms with Gasteiger partial charge in [-0.2, -0.15) is 0 Å². The fourth-order valence-electron chi connectivity index (χ4n) is 11.1. The summed E-state index contributed by atoms with van der Waals surface area (Å²) in [7, 11) is 6.02. The van der Waals surface area contributed by atoms with Crippen LogP contribution in [0.2, 0.25) is 0 Å². The van der Waals surface area contributed by atoms with Crippen LogP contribution < -0.4 is 20.7 Å². The highest BCUT2D eigenvalue weighted by atomic mass is 16.5. The quantitative estimate of drug-likeness (QED) is 0.138. The predicted molar refractivity (Wildman–Crippen MR) is 200 cm³/mol. The van der Waals surface area contributed by atoms with Gasteiger partial charge < -0.3 is 30.4 Å². The third-order valence-electron chi connectivity index (χ3n) is 13.7. The van der Waals surface area contributed by atoms with Crippen LogP contribution >= 0.6 is 0 Å². The Balaban J connectivity index is 0.841. The van der Waals surface area contributed by atoms with Crippen molar-refractivity contribution in [2.24, 2.45) is 29.6 Å². The molecule has 49 heavy (non-hydrogen) atoms.